The number of carbonyl (C=O) groups excluding carboxylic acids is 1. The van der Waals surface area contributed by atoms with Crippen LogP contribution >= 0.6 is 0 Å². The number of hydrogen-bond acceptors (Lipinski definition) is 2. The predicted molar refractivity (Wildman–Crippen MR) is 27.8 cm³/mol. The van der Waals surface area contributed by atoms with Crippen LogP contribution in [-0.2, 0) is 9.59 Å². The maximum Gasteiger partial charge on any atom is 0.338 e. The first kappa shape index (κ1) is 8.07. The molecule has 0 aromatic rings. The van der Waals surface area contributed by atoms with Crippen LogP contribution in [-0.4, -0.2) is 23.0 Å². The van der Waals surface area contributed by atoms with Gasteiger partial charge in [0.1, 0.15) is 5.78 Å². The van der Waals surface area contributed by atoms with E-state index in [1.54, 1.807) is 0 Å². The van der Waals surface area contributed by atoms with Gasteiger partial charge in [0, 0.05) is 6.42 Å². The topological polar surface area (TPSA) is 54.4 Å². The van der Waals surface area contributed by atoms with Gasteiger partial charge in [-0.3, -0.25) is 4.79 Å². The van der Waals surface area contributed by atoms with Crippen molar-refractivity contribution >= 4 is 11.8 Å². The molecule has 0 radical (unpaired) electrons. The molecule has 1 N–H and O–H groups in total. The van der Waals surface area contributed by atoms with E-state index < -0.39 is 24.3 Å². The fourth-order valence-electron chi connectivity index (χ4n) is 0.340. The van der Waals surface area contributed by atoms with E-state index in [4.69, 9.17) is 5.11 Å². The number of ketones is 1. The number of aliphatic carboxylic acids is 1. The third kappa shape index (κ3) is 3.64. The molecular weight excluding hydrogens is 127 g/mol. The Morgan fingerprint density at radius 2 is 2.11 bits per heavy atom. The van der Waals surface area contributed by atoms with Crippen molar-refractivity contribution < 1.29 is 19.1 Å². The molecule has 4 heteroatoms. The van der Waals surface area contributed by atoms with Gasteiger partial charge in [-0.05, 0) is 6.92 Å². The highest BCUT2D eigenvalue weighted by molar-refractivity contribution is 5.83. The molecule has 0 saturated heterocycles. The first-order valence-electron chi connectivity index (χ1n) is 2.40. The van der Waals surface area contributed by atoms with Crippen molar-refractivity contribution in [1.29, 1.82) is 0 Å². The quantitative estimate of drug-likeness (QED) is 0.607. The summed E-state index contributed by atoms with van der Waals surface area (Å²) in [6.07, 6.45) is -2.57. The second-order valence-electron chi connectivity index (χ2n) is 1.71. The molecule has 52 valence electrons. The number of carboxylic acids is 1. The zero-order valence-corrected chi connectivity index (χ0v) is 4.93. The summed E-state index contributed by atoms with van der Waals surface area (Å²) in [5, 5.41) is 7.90. The highest BCUT2D eigenvalue weighted by Gasteiger charge is 2.16. The molecule has 0 heterocycles. The fraction of sp³-hybridized carbons (Fsp3) is 0.600. The first-order chi connectivity index (χ1) is 4.04. The second kappa shape index (κ2) is 3.17. The van der Waals surface area contributed by atoms with Crippen molar-refractivity contribution in [2.75, 3.05) is 0 Å². The van der Waals surface area contributed by atoms with Crippen LogP contribution in [0.4, 0.5) is 4.39 Å². The van der Waals surface area contributed by atoms with Crippen molar-refractivity contribution in [2.24, 2.45) is 0 Å². The normalized spacial score (nSPS) is 12.7. The summed E-state index contributed by atoms with van der Waals surface area (Å²) in [5.41, 5.74) is 0. The van der Waals surface area contributed by atoms with Gasteiger partial charge in [0.25, 0.3) is 0 Å². The maximum absolute atomic E-state index is 12.0. The van der Waals surface area contributed by atoms with Crippen LogP contribution in [0.25, 0.3) is 0 Å². The Bertz CT molecular complexity index is 132. The number of halogens is 1. The second-order valence-corrected chi connectivity index (χ2v) is 1.71. The summed E-state index contributed by atoms with van der Waals surface area (Å²) >= 11 is 0. The predicted octanol–water partition coefficient (Wildman–Crippen LogP) is 0.388. The average molecular weight is 134 g/mol. The highest BCUT2D eigenvalue weighted by atomic mass is 19.1. The molecule has 0 fully saturated rings. The van der Waals surface area contributed by atoms with Crippen LogP contribution in [0.3, 0.4) is 0 Å². The van der Waals surface area contributed by atoms with Crippen molar-refractivity contribution in [3.8, 4) is 0 Å². The molecule has 0 aromatic heterocycles. The van der Waals surface area contributed by atoms with Gasteiger partial charge in [0.15, 0.2) is 0 Å². The van der Waals surface area contributed by atoms with Crippen molar-refractivity contribution in [2.45, 2.75) is 19.5 Å². The van der Waals surface area contributed by atoms with Crippen LogP contribution < -0.4 is 0 Å². The molecule has 0 amide bonds. The minimum atomic E-state index is -2.04. The Morgan fingerprint density at radius 1 is 1.67 bits per heavy atom. The summed E-state index contributed by atoms with van der Waals surface area (Å²) in [6, 6.07) is 0. The first-order valence-corrected chi connectivity index (χ1v) is 2.40. The average Bonchev–Trinajstić information content (AvgIpc) is 1.63. The van der Waals surface area contributed by atoms with Gasteiger partial charge in [0.05, 0.1) is 0 Å². The fourth-order valence-corrected chi connectivity index (χ4v) is 0.340. The van der Waals surface area contributed by atoms with Gasteiger partial charge < -0.3 is 5.11 Å². The van der Waals surface area contributed by atoms with E-state index in [0.29, 0.717) is 0 Å². The SMILES string of the molecule is CC(=O)CC(F)C(=O)O. The summed E-state index contributed by atoms with van der Waals surface area (Å²) in [5.74, 6) is -2.03. The Hall–Kier alpha value is -0.930. The summed E-state index contributed by atoms with van der Waals surface area (Å²) in [4.78, 5) is 19.8. The highest BCUT2D eigenvalue weighted by Crippen LogP contribution is 1.97. The molecule has 9 heavy (non-hydrogen) atoms. The van der Waals surface area contributed by atoms with Crippen LogP contribution in [0.1, 0.15) is 13.3 Å². The molecule has 1 unspecified atom stereocenters. The largest absolute Gasteiger partial charge is 0.479 e. The van der Waals surface area contributed by atoms with E-state index >= 15 is 0 Å². The van der Waals surface area contributed by atoms with Gasteiger partial charge in [0.2, 0.25) is 6.17 Å². The van der Waals surface area contributed by atoms with Gasteiger partial charge in [-0.15, -0.1) is 0 Å². The zero-order valence-electron chi connectivity index (χ0n) is 4.93. The molecule has 0 spiro atoms. The van der Waals surface area contributed by atoms with Crippen LogP contribution in [0, 0.1) is 0 Å². The molecule has 0 rings (SSSR count). The van der Waals surface area contributed by atoms with E-state index in [1.165, 1.54) is 0 Å². The Balaban J connectivity index is 3.63. The summed E-state index contributed by atoms with van der Waals surface area (Å²) in [6.45, 7) is 1.15. The Labute approximate surface area is 51.5 Å². The molecule has 3 nitrogen and oxygen atoms in total. The number of alkyl halides is 1. The van der Waals surface area contributed by atoms with Crippen molar-refractivity contribution in [1.82, 2.24) is 0 Å². The molecule has 0 aliphatic rings. The maximum atomic E-state index is 12.0. The van der Waals surface area contributed by atoms with Gasteiger partial charge >= 0.3 is 5.97 Å². The third-order valence-electron chi connectivity index (χ3n) is 0.735. The van der Waals surface area contributed by atoms with E-state index in [0.717, 1.165) is 6.92 Å². The van der Waals surface area contributed by atoms with Crippen LogP contribution in [0.2, 0.25) is 0 Å². The van der Waals surface area contributed by atoms with E-state index in [2.05, 4.69) is 0 Å². The standard InChI is InChI=1S/C5H7FO3/c1-3(7)2-4(6)5(8)9/h4H,2H2,1H3,(H,8,9). The Kier molecular flexibility index (Phi) is 2.84. The minimum absolute atomic E-state index is 0.454. The van der Waals surface area contributed by atoms with E-state index in [9.17, 15) is 14.0 Å². The van der Waals surface area contributed by atoms with Gasteiger partial charge in [-0.2, -0.15) is 0 Å². The lowest BCUT2D eigenvalue weighted by Crippen LogP contribution is -2.17. The third-order valence-corrected chi connectivity index (χ3v) is 0.735. The van der Waals surface area contributed by atoms with E-state index in [-0.39, 0.29) is 0 Å². The minimum Gasteiger partial charge on any atom is -0.479 e. The monoisotopic (exact) mass is 134 g/mol. The molecule has 1 atom stereocenters. The molecular formula is C5H7FO3. The zero-order chi connectivity index (χ0) is 7.44. The van der Waals surface area contributed by atoms with Crippen molar-refractivity contribution in [3.05, 3.63) is 0 Å². The lowest BCUT2D eigenvalue weighted by atomic mass is 10.2. The molecule has 0 aromatic carbocycles. The summed E-state index contributed by atoms with van der Waals surface area (Å²) < 4.78 is 12.0. The van der Waals surface area contributed by atoms with Gasteiger partial charge in [-0.25, -0.2) is 9.18 Å². The molecule has 0 saturated carbocycles. The lowest BCUT2D eigenvalue weighted by molar-refractivity contribution is -0.144. The summed E-state index contributed by atoms with van der Waals surface area (Å²) in [7, 11) is 0. The van der Waals surface area contributed by atoms with Crippen LogP contribution in [0.5, 0.6) is 0 Å². The van der Waals surface area contributed by atoms with Gasteiger partial charge in [-0.1, -0.05) is 0 Å². The Morgan fingerprint density at radius 3 is 2.22 bits per heavy atom. The number of carbonyl (C=O) groups is 2. The smallest absolute Gasteiger partial charge is 0.338 e. The molecule has 0 aliphatic heterocycles. The van der Waals surface area contributed by atoms with Crippen LogP contribution in [0.15, 0.2) is 0 Å². The number of carboxylic acid groups (broad SMARTS) is 1. The number of Topliss-reactive ketones (excluding diaryl/α,β-unsaturated/α-hetero) is 1. The van der Waals surface area contributed by atoms with Crippen molar-refractivity contribution in [3.63, 3.8) is 0 Å². The lowest BCUT2D eigenvalue weighted by Gasteiger charge is -1.95. The number of hydrogen-bond donors (Lipinski definition) is 1. The van der Waals surface area contributed by atoms with E-state index in [1.807, 2.05) is 0 Å². The molecule has 0 aliphatic carbocycles. The number of rotatable bonds is 3. The molecule has 0 bridgehead atoms.